The molecule has 2 nitrogen and oxygen atoms in total. The van der Waals surface area contributed by atoms with Gasteiger partial charge >= 0.3 is 0 Å². The molecule has 0 spiro atoms. The molecule has 0 radical (unpaired) electrons. The largest absolute Gasteiger partial charge is 0.315 e. The van der Waals surface area contributed by atoms with Crippen molar-refractivity contribution in [3.05, 3.63) is 0 Å². The first kappa shape index (κ1) is 14.8. The van der Waals surface area contributed by atoms with E-state index < -0.39 is 0 Å². The summed E-state index contributed by atoms with van der Waals surface area (Å²) < 4.78 is 0. The van der Waals surface area contributed by atoms with Crippen molar-refractivity contribution in [2.24, 2.45) is 23.2 Å². The molecule has 3 saturated carbocycles. The Kier molecular flexibility index (Phi) is 4.16. The summed E-state index contributed by atoms with van der Waals surface area (Å²) in [5.74, 6) is 3.15. The molecule has 3 fully saturated rings. The molecule has 0 amide bonds. The van der Waals surface area contributed by atoms with Crippen molar-refractivity contribution in [2.45, 2.75) is 70.9 Å². The van der Waals surface area contributed by atoms with Gasteiger partial charge in [0.25, 0.3) is 0 Å². The summed E-state index contributed by atoms with van der Waals surface area (Å²) in [5, 5.41) is 3.59. The van der Waals surface area contributed by atoms with Gasteiger partial charge in [0.05, 0.1) is 0 Å². The summed E-state index contributed by atoms with van der Waals surface area (Å²) in [6.07, 6.45) is 10.2. The minimum Gasteiger partial charge on any atom is -0.315 e. The lowest BCUT2D eigenvalue weighted by Gasteiger charge is -2.46. The second-order valence-corrected chi connectivity index (χ2v) is 8.74. The third-order valence-electron chi connectivity index (χ3n) is 6.70. The Bertz CT molecular complexity index is 338. The number of hydrogen-bond acceptors (Lipinski definition) is 2. The van der Waals surface area contributed by atoms with E-state index in [0.29, 0.717) is 11.5 Å². The molecule has 5 unspecified atom stereocenters. The Morgan fingerprint density at radius 2 is 1.95 bits per heavy atom. The Balaban J connectivity index is 1.60. The predicted molar refractivity (Wildman–Crippen MR) is 85.8 cm³/mol. The van der Waals surface area contributed by atoms with Crippen LogP contribution in [0.2, 0.25) is 0 Å². The van der Waals surface area contributed by atoms with Crippen molar-refractivity contribution in [1.82, 2.24) is 10.2 Å². The zero-order valence-electron chi connectivity index (χ0n) is 14.0. The highest BCUT2D eigenvalue weighted by Crippen LogP contribution is 2.49. The second kappa shape index (κ2) is 5.61. The summed E-state index contributed by atoms with van der Waals surface area (Å²) in [5.41, 5.74) is 0.529. The van der Waals surface area contributed by atoms with E-state index in [-0.39, 0.29) is 0 Å². The quantitative estimate of drug-likeness (QED) is 0.846. The normalized spacial score (nSPS) is 43.4. The first-order valence-electron chi connectivity index (χ1n) is 8.86. The van der Waals surface area contributed by atoms with Crippen LogP contribution in [0.5, 0.6) is 0 Å². The van der Waals surface area contributed by atoms with Gasteiger partial charge < -0.3 is 10.2 Å². The van der Waals surface area contributed by atoms with Crippen LogP contribution in [0, 0.1) is 23.2 Å². The Morgan fingerprint density at radius 3 is 2.55 bits per heavy atom. The average molecular weight is 278 g/mol. The van der Waals surface area contributed by atoms with Crippen LogP contribution in [0.25, 0.3) is 0 Å². The minimum atomic E-state index is 0.529. The topological polar surface area (TPSA) is 15.3 Å². The standard InChI is InChI=1S/C18H34N2/c1-18(2)8-7-16(19-3)17(11-18)20(4)12-15-10-13-5-6-14(15)9-13/h13-17,19H,5-12H2,1-4H3. The first-order valence-corrected chi connectivity index (χ1v) is 8.86. The number of nitrogens with one attached hydrogen (secondary N) is 1. The molecule has 0 aromatic rings. The number of rotatable bonds is 4. The lowest BCUT2D eigenvalue weighted by Crippen LogP contribution is -2.53. The maximum Gasteiger partial charge on any atom is 0.0251 e. The van der Waals surface area contributed by atoms with Gasteiger partial charge in [0.15, 0.2) is 0 Å². The molecular formula is C18H34N2. The fraction of sp³-hybridized carbons (Fsp3) is 1.00. The van der Waals surface area contributed by atoms with Crippen LogP contribution in [0.1, 0.15) is 58.8 Å². The molecule has 2 bridgehead atoms. The van der Waals surface area contributed by atoms with Gasteiger partial charge in [-0.05, 0) is 75.8 Å². The predicted octanol–water partition coefficient (Wildman–Crippen LogP) is 3.52. The number of likely N-dealkylation sites (N-methyl/N-ethyl adjacent to an activating group) is 2. The van der Waals surface area contributed by atoms with Crippen LogP contribution in [0.4, 0.5) is 0 Å². The second-order valence-electron chi connectivity index (χ2n) is 8.74. The summed E-state index contributed by atoms with van der Waals surface area (Å²) in [6.45, 7) is 6.26. The Morgan fingerprint density at radius 1 is 1.15 bits per heavy atom. The first-order chi connectivity index (χ1) is 9.48. The average Bonchev–Trinajstić information content (AvgIpc) is 3.00. The summed E-state index contributed by atoms with van der Waals surface area (Å²) >= 11 is 0. The van der Waals surface area contributed by atoms with E-state index in [1.807, 2.05) is 0 Å². The summed E-state index contributed by atoms with van der Waals surface area (Å²) in [7, 11) is 4.55. The molecule has 0 aromatic heterocycles. The van der Waals surface area contributed by atoms with Crippen LogP contribution in [-0.4, -0.2) is 37.6 Å². The van der Waals surface area contributed by atoms with Crippen LogP contribution in [0.3, 0.4) is 0 Å². The fourth-order valence-corrected chi connectivity index (χ4v) is 5.45. The van der Waals surface area contributed by atoms with Gasteiger partial charge in [0, 0.05) is 18.6 Å². The number of fused-ring (bicyclic) bond motifs is 2. The van der Waals surface area contributed by atoms with Crippen LogP contribution in [-0.2, 0) is 0 Å². The molecule has 1 N–H and O–H groups in total. The molecule has 20 heavy (non-hydrogen) atoms. The van der Waals surface area contributed by atoms with E-state index in [1.54, 1.807) is 6.42 Å². The monoisotopic (exact) mass is 278 g/mol. The smallest absolute Gasteiger partial charge is 0.0251 e. The van der Waals surface area contributed by atoms with Crippen molar-refractivity contribution >= 4 is 0 Å². The van der Waals surface area contributed by atoms with Gasteiger partial charge in [-0.25, -0.2) is 0 Å². The van der Waals surface area contributed by atoms with Crippen molar-refractivity contribution in [3.63, 3.8) is 0 Å². The summed E-state index contributed by atoms with van der Waals surface area (Å²) in [4.78, 5) is 2.72. The van der Waals surface area contributed by atoms with Crippen LogP contribution in [0.15, 0.2) is 0 Å². The van der Waals surface area contributed by atoms with Crippen LogP contribution < -0.4 is 5.32 Å². The lowest BCUT2D eigenvalue weighted by atomic mass is 9.72. The van der Waals surface area contributed by atoms with Crippen molar-refractivity contribution in [1.29, 1.82) is 0 Å². The van der Waals surface area contributed by atoms with Gasteiger partial charge in [0.1, 0.15) is 0 Å². The summed E-state index contributed by atoms with van der Waals surface area (Å²) in [6, 6.07) is 1.44. The molecule has 0 aliphatic heterocycles. The highest BCUT2D eigenvalue weighted by molar-refractivity contribution is 4.96. The van der Waals surface area contributed by atoms with Gasteiger partial charge in [-0.3, -0.25) is 0 Å². The fourth-order valence-electron chi connectivity index (χ4n) is 5.45. The van der Waals surface area contributed by atoms with Gasteiger partial charge in [0.2, 0.25) is 0 Å². The maximum atomic E-state index is 3.59. The Hall–Kier alpha value is -0.0800. The highest BCUT2D eigenvalue weighted by atomic mass is 15.2. The van der Waals surface area contributed by atoms with Gasteiger partial charge in [-0.1, -0.05) is 20.3 Å². The number of hydrogen-bond donors (Lipinski definition) is 1. The molecule has 3 aliphatic carbocycles. The highest BCUT2D eigenvalue weighted by Gasteiger charge is 2.42. The van der Waals surface area contributed by atoms with E-state index >= 15 is 0 Å². The third-order valence-corrected chi connectivity index (χ3v) is 6.70. The van der Waals surface area contributed by atoms with E-state index in [9.17, 15) is 0 Å². The van der Waals surface area contributed by atoms with E-state index in [2.05, 4.69) is 38.2 Å². The molecule has 5 atom stereocenters. The van der Waals surface area contributed by atoms with E-state index in [0.717, 1.165) is 23.8 Å². The van der Waals surface area contributed by atoms with Crippen molar-refractivity contribution < 1.29 is 0 Å². The van der Waals surface area contributed by atoms with Gasteiger partial charge in [-0.15, -0.1) is 0 Å². The van der Waals surface area contributed by atoms with Crippen molar-refractivity contribution in [3.8, 4) is 0 Å². The molecule has 0 saturated heterocycles. The SMILES string of the molecule is CNC1CCC(C)(C)CC1N(C)CC1CC2CCC1C2. The maximum absolute atomic E-state index is 3.59. The van der Waals surface area contributed by atoms with Crippen molar-refractivity contribution in [2.75, 3.05) is 20.6 Å². The molecule has 2 heteroatoms. The van der Waals surface area contributed by atoms with Crippen LogP contribution >= 0.6 is 0 Å². The lowest BCUT2D eigenvalue weighted by molar-refractivity contribution is 0.0673. The van der Waals surface area contributed by atoms with Gasteiger partial charge in [-0.2, -0.15) is 0 Å². The zero-order chi connectivity index (χ0) is 14.3. The molecule has 0 aromatic carbocycles. The molecular weight excluding hydrogens is 244 g/mol. The molecule has 0 heterocycles. The molecule has 3 aliphatic rings. The zero-order valence-corrected chi connectivity index (χ0v) is 14.0. The van der Waals surface area contributed by atoms with E-state index in [1.165, 1.54) is 45.1 Å². The number of nitrogens with zero attached hydrogens (tertiary/aromatic N) is 1. The Labute approximate surface area is 125 Å². The van der Waals surface area contributed by atoms with E-state index in [4.69, 9.17) is 0 Å². The third kappa shape index (κ3) is 2.92. The minimum absolute atomic E-state index is 0.529. The molecule has 3 rings (SSSR count). The molecule has 116 valence electrons.